The summed E-state index contributed by atoms with van der Waals surface area (Å²) in [6.45, 7) is 2.51. The molecule has 0 saturated heterocycles. The number of nitrogens with zero attached hydrogens (tertiary/aromatic N) is 3. The van der Waals surface area contributed by atoms with Crippen LogP contribution in [0.5, 0.6) is 5.75 Å². The monoisotopic (exact) mass is 373 g/mol. The Labute approximate surface area is 162 Å². The van der Waals surface area contributed by atoms with Gasteiger partial charge in [-0.1, -0.05) is 35.0 Å². The average Bonchev–Trinajstić information content (AvgIpc) is 3.21. The van der Waals surface area contributed by atoms with Crippen molar-refractivity contribution in [2.75, 3.05) is 7.11 Å². The van der Waals surface area contributed by atoms with E-state index in [9.17, 15) is 4.79 Å². The molecule has 0 aliphatic carbocycles. The van der Waals surface area contributed by atoms with Gasteiger partial charge in [0.1, 0.15) is 5.75 Å². The van der Waals surface area contributed by atoms with Crippen LogP contribution in [0.15, 0.2) is 76.2 Å². The largest absolute Gasteiger partial charge is 0.497 e. The number of aryl methyl sites for hydroxylation is 1. The summed E-state index contributed by atoms with van der Waals surface area (Å²) in [7, 11) is 1.62. The maximum atomic E-state index is 12.2. The van der Waals surface area contributed by atoms with E-state index in [-0.39, 0.29) is 5.56 Å². The minimum Gasteiger partial charge on any atom is -0.497 e. The summed E-state index contributed by atoms with van der Waals surface area (Å²) in [5.74, 6) is 1.60. The van der Waals surface area contributed by atoms with Crippen molar-refractivity contribution < 1.29 is 9.26 Å². The number of hydrogen-bond acceptors (Lipinski definition) is 5. The Bertz CT molecular complexity index is 1140. The lowest BCUT2D eigenvalue weighted by Crippen LogP contribution is -2.19. The standard InChI is InChI=1S/C22H19N3O3/c1-15-3-5-16(6-4-15)13-25-14-18(9-12-20(25)26)22-23-21(24-28-22)17-7-10-19(27-2)11-8-17/h3-12,14H,13H2,1-2H3. The molecule has 0 unspecified atom stereocenters. The fraction of sp³-hybridized carbons (Fsp3) is 0.136. The van der Waals surface area contributed by atoms with E-state index in [4.69, 9.17) is 9.26 Å². The first-order valence-electron chi connectivity index (χ1n) is 8.87. The van der Waals surface area contributed by atoms with Gasteiger partial charge in [0.05, 0.1) is 19.2 Å². The van der Waals surface area contributed by atoms with Gasteiger partial charge in [-0.3, -0.25) is 4.79 Å². The van der Waals surface area contributed by atoms with Gasteiger partial charge in [-0.2, -0.15) is 4.98 Å². The van der Waals surface area contributed by atoms with Crippen molar-refractivity contribution in [1.29, 1.82) is 0 Å². The second kappa shape index (κ2) is 7.52. The molecule has 0 spiro atoms. The SMILES string of the molecule is COc1ccc(-c2noc(-c3ccc(=O)n(Cc4ccc(C)cc4)c3)n2)cc1. The van der Waals surface area contributed by atoms with E-state index in [1.807, 2.05) is 55.5 Å². The summed E-state index contributed by atoms with van der Waals surface area (Å²) in [5, 5.41) is 4.05. The fourth-order valence-electron chi connectivity index (χ4n) is 2.87. The summed E-state index contributed by atoms with van der Waals surface area (Å²) in [6.07, 6.45) is 1.74. The molecule has 0 N–H and O–H groups in total. The van der Waals surface area contributed by atoms with E-state index in [1.54, 1.807) is 23.9 Å². The molecule has 6 nitrogen and oxygen atoms in total. The summed E-state index contributed by atoms with van der Waals surface area (Å²) < 4.78 is 12.2. The predicted octanol–water partition coefficient (Wildman–Crippen LogP) is 3.93. The number of pyridine rings is 1. The van der Waals surface area contributed by atoms with Crippen molar-refractivity contribution >= 4 is 0 Å². The Kier molecular flexibility index (Phi) is 4.76. The fourth-order valence-corrected chi connectivity index (χ4v) is 2.87. The van der Waals surface area contributed by atoms with Crippen molar-refractivity contribution in [1.82, 2.24) is 14.7 Å². The summed E-state index contributed by atoms with van der Waals surface area (Å²) in [5.41, 5.74) is 3.66. The second-order valence-corrected chi connectivity index (χ2v) is 6.52. The lowest BCUT2D eigenvalue weighted by molar-refractivity contribution is 0.415. The first kappa shape index (κ1) is 17.7. The topological polar surface area (TPSA) is 70.2 Å². The highest BCUT2D eigenvalue weighted by Crippen LogP contribution is 2.23. The molecule has 2 heterocycles. The van der Waals surface area contributed by atoms with E-state index in [0.29, 0.717) is 23.8 Å². The van der Waals surface area contributed by atoms with E-state index < -0.39 is 0 Å². The summed E-state index contributed by atoms with van der Waals surface area (Å²) >= 11 is 0. The van der Waals surface area contributed by atoms with Gasteiger partial charge in [0.25, 0.3) is 11.4 Å². The van der Waals surface area contributed by atoms with Crippen LogP contribution in [0.25, 0.3) is 22.8 Å². The third kappa shape index (κ3) is 3.71. The van der Waals surface area contributed by atoms with Crippen LogP contribution < -0.4 is 10.3 Å². The molecule has 4 rings (SSSR count). The lowest BCUT2D eigenvalue weighted by atomic mass is 10.1. The summed E-state index contributed by atoms with van der Waals surface area (Å²) in [6, 6.07) is 18.7. The van der Waals surface area contributed by atoms with Gasteiger partial charge in [0.2, 0.25) is 5.82 Å². The van der Waals surface area contributed by atoms with Crippen molar-refractivity contribution in [3.05, 3.63) is 88.3 Å². The molecule has 140 valence electrons. The van der Waals surface area contributed by atoms with Gasteiger partial charge in [-0.05, 0) is 42.8 Å². The van der Waals surface area contributed by atoms with E-state index >= 15 is 0 Å². The van der Waals surface area contributed by atoms with E-state index in [1.165, 1.54) is 11.6 Å². The van der Waals surface area contributed by atoms with Gasteiger partial charge in [-0.15, -0.1) is 0 Å². The molecule has 0 aliphatic heterocycles. The van der Waals surface area contributed by atoms with Crippen molar-refractivity contribution in [2.24, 2.45) is 0 Å². The van der Waals surface area contributed by atoms with Crippen LogP contribution in [0.3, 0.4) is 0 Å². The van der Waals surface area contributed by atoms with Crippen molar-refractivity contribution in [3.8, 4) is 28.6 Å². The maximum Gasteiger partial charge on any atom is 0.259 e. The molecule has 2 aromatic carbocycles. The zero-order valence-corrected chi connectivity index (χ0v) is 15.6. The Hall–Kier alpha value is -3.67. The smallest absolute Gasteiger partial charge is 0.259 e. The number of aromatic nitrogens is 3. The van der Waals surface area contributed by atoms with E-state index in [0.717, 1.165) is 16.9 Å². The zero-order valence-electron chi connectivity index (χ0n) is 15.6. The van der Waals surface area contributed by atoms with Crippen molar-refractivity contribution in [2.45, 2.75) is 13.5 Å². The van der Waals surface area contributed by atoms with E-state index in [2.05, 4.69) is 10.1 Å². The molecule has 0 amide bonds. The van der Waals surface area contributed by atoms with Crippen LogP contribution in [0, 0.1) is 6.92 Å². The van der Waals surface area contributed by atoms with Crippen LogP contribution in [0.4, 0.5) is 0 Å². The number of rotatable bonds is 5. The third-order valence-electron chi connectivity index (χ3n) is 4.48. The Morgan fingerprint density at radius 2 is 1.68 bits per heavy atom. The Morgan fingerprint density at radius 1 is 0.964 bits per heavy atom. The second-order valence-electron chi connectivity index (χ2n) is 6.52. The molecular formula is C22H19N3O3. The van der Waals surface area contributed by atoms with Crippen LogP contribution in [-0.4, -0.2) is 21.8 Å². The van der Waals surface area contributed by atoms with Gasteiger partial charge in [-0.25, -0.2) is 0 Å². The van der Waals surface area contributed by atoms with Gasteiger partial charge in [0, 0.05) is 17.8 Å². The average molecular weight is 373 g/mol. The third-order valence-corrected chi connectivity index (χ3v) is 4.48. The zero-order chi connectivity index (χ0) is 19.5. The molecule has 0 atom stereocenters. The normalized spacial score (nSPS) is 10.8. The highest BCUT2D eigenvalue weighted by molar-refractivity contribution is 5.59. The minimum atomic E-state index is -0.0841. The molecule has 2 aromatic heterocycles. The molecule has 0 bridgehead atoms. The first-order chi connectivity index (χ1) is 13.6. The molecule has 4 aromatic rings. The maximum absolute atomic E-state index is 12.2. The molecule has 28 heavy (non-hydrogen) atoms. The molecule has 0 fully saturated rings. The van der Waals surface area contributed by atoms with Crippen LogP contribution >= 0.6 is 0 Å². The number of ether oxygens (including phenoxy) is 1. The Balaban J connectivity index is 1.61. The van der Waals surface area contributed by atoms with Gasteiger partial charge >= 0.3 is 0 Å². The minimum absolute atomic E-state index is 0.0841. The van der Waals surface area contributed by atoms with Crippen LogP contribution in [-0.2, 0) is 6.54 Å². The summed E-state index contributed by atoms with van der Waals surface area (Å²) in [4.78, 5) is 16.7. The highest BCUT2D eigenvalue weighted by atomic mass is 16.5. The Morgan fingerprint density at radius 3 is 2.39 bits per heavy atom. The number of methoxy groups -OCH3 is 1. The highest BCUT2D eigenvalue weighted by Gasteiger charge is 2.12. The molecule has 0 aliphatic rings. The van der Waals surface area contributed by atoms with Crippen LogP contribution in [0.1, 0.15) is 11.1 Å². The quantitative estimate of drug-likeness (QED) is 0.530. The van der Waals surface area contributed by atoms with Crippen molar-refractivity contribution in [3.63, 3.8) is 0 Å². The van der Waals surface area contributed by atoms with Gasteiger partial charge < -0.3 is 13.8 Å². The molecule has 0 radical (unpaired) electrons. The molecule has 0 saturated carbocycles. The lowest BCUT2D eigenvalue weighted by Gasteiger charge is -2.07. The molecule has 6 heteroatoms. The van der Waals surface area contributed by atoms with Crippen LogP contribution in [0.2, 0.25) is 0 Å². The number of benzene rings is 2. The molecular weight excluding hydrogens is 354 g/mol. The first-order valence-corrected chi connectivity index (χ1v) is 8.87. The van der Waals surface area contributed by atoms with Gasteiger partial charge in [0.15, 0.2) is 0 Å². The predicted molar refractivity (Wildman–Crippen MR) is 106 cm³/mol. The number of hydrogen-bond donors (Lipinski definition) is 0.